The van der Waals surface area contributed by atoms with Crippen LogP contribution in [0.5, 0.6) is 0 Å². The van der Waals surface area contributed by atoms with Crippen molar-refractivity contribution in [2.45, 2.75) is 31.7 Å². The largest absolute Gasteiger partial charge is 0.480 e. The molecule has 3 aromatic rings. The van der Waals surface area contributed by atoms with E-state index in [9.17, 15) is 9.59 Å². The monoisotopic (exact) mass is 297 g/mol. The number of carboxylic acids is 1. The van der Waals surface area contributed by atoms with Crippen molar-refractivity contribution in [3.8, 4) is 0 Å². The maximum absolute atomic E-state index is 12.5. The maximum Gasteiger partial charge on any atom is 0.325 e. The Labute approximate surface area is 125 Å². The summed E-state index contributed by atoms with van der Waals surface area (Å²) < 4.78 is 2.98. The standard InChI is InChI=1S/C16H15N3O3/c20-14(21)9-18-16(22)13-8-11-4-1-2-7-12(11)19(13)15(17-18)10-5-3-6-10/h1-2,4,7-8,10H,3,5-6,9H2,(H,20,21). The number of para-hydroxylation sites is 1. The highest BCUT2D eigenvalue weighted by Crippen LogP contribution is 2.36. The molecule has 0 bridgehead atoms. The summed E-state index contributed by atoms with van der Waals surface area (Å²) in [6, 6.07) is 9.59. The van der Waals surface area contributed by atoms with Crippen molar-refractivity contribution in [3.63, 3.8) is 0 Å². The van der Waals surface area contributed by atoms with Gasteiger partial charge in [-0.25, -0.2) is 4.68 Å². The molecule has 1 saturated carbocycles. The molecule has 1 fully saturated rings. The molecule has 1 N–H and O–H groups in total. The second-order valence-electron chi connectivity index (χ2n) is 5.77. The third-order valence-electron chi connectivity index (χ3n) is 4.37. The second kappa shape index (κ2) is 4.69. The van der Waals surface area contributed by atoms with Crippen molar-refractivity contribution in [1.82, 2.24) is 14.2 Å². The van der Waals surface area contributed by atoms with Crippen LogP contribution in [-0.2, 0) is 11.3 Å². The minimum Gasteiger partial charge on any atom is -0.480 e. The minimum atomic E-state index is -1.06. The van der Waals surface area contributed by atoms with Gasteiger partial charge in [-0.2, -0.15) is 5.10 Å². The number of hydrogen-bond acceptors (Lipinski definition) is 3. The van der Waals surface area contributed by atoms with Crippen molar-refractivity contribution in [3.05, 3.63) is 46.5 Å². The first-order valence-corrected chi connectivity index (χ1v) is 7.38. The quantitative estimate of drug-likeness (QED) is 0.802. The lowest BCUT2D eigenvalue weighted by atomic mass is 9.85. The van der Waals surface area contributed by atoms with Gasteiger partial charge in [-0.15, -0.1) is 0 Å². The Balaban J connectivity index is 2.09. The van der Waals surface area contributed by atoms with Gasteiger partial charge in [-0.1, -0.05) is 24.6 Å². The van der Waals surface area contributed by atoms with Crippen LogP contribution in [0.25, 0.3) is 16.4 Å². The predicted octanol–water partition coefficient (Wildman–Crippen LogP) is 2.00. The topological polar surface area (TPSA) is 76.6 Å². The van der Waals surface area contributed by atoms with Crippen LogP contribution in [0.1, 0.15) is 31.0 Å². The van der Waals surface area contributed by atoms with Gasteiger partial charge in [0.15, 0.2) is 0 Å². The molecule has 0 aliphatic heterocycles. The van der Waals surface area contributed by atoms with Crippen LogP contribution in [0.4, 0.5) is 0 Å². The number of benzene rings is 1. The van der Waals surface area contributed by atoms with Crippen LogP contribution >= 0.6 is 0 Å². The van der Waals surface area contributed by atoms with E-state index in [0.717, 1.165) is 40.7 Å². The highest BCUT2D eigenvalue weighted by molar-refractivity contribution is 5.87. The molecule has 0 radical (unpaired) electrons. The third kappa shape index (κ3) is 1.83. The molecular weight excluding hydrogens is 282 g/mol. The molecule has 1 aliphatic rings. The summed E-state index contributed by atoms with van der Waals surface area (Å²) in [5.41, 5.74) is 1.09. The molecule has 0 atom stereocenters. The Morgan fingerprint density at radius 1 is 1.27 bits per heavy atom. The summed E-state index contributed by atoms with van der Waals surface area (Å²) in [6.07, 6.45) is 3.20. The second-order valence-corrected chi connectivity index (χ2v) is 5.77. The normalized spacial score (nSPS) is 15.3. The summed E-state index contributed by atoms with van der Waals surface area (Å²) in [7, 11) is 0. The maximum atomic E-state index is 12.5. The Hall–Kier alpha value is -2.63. The van der Waals surface area contributed by atoms with E-state index in [0.29, 0.717) is 11.4 Å². The Kier molecular flexibility index (Phi) is 2.79. The molecule has 0 spiro atoms. The molecule has 1 aromatic carbocycles. The number of aliphatic carboxylic acids is 1. The smallest absolute Gasteiger partial charge is 0.325 e. The van der Waals surface area contributed by atoms with Gasteiger partial charge in [0, 0.05) is 11.3 Å². The van der Waals surface area contributed by atoms with Crippen LogP contribution < -0.4 is 5.56 Å². The van der Waals surface area contributed by atoms with Crippen molar-refractivity contribution in [2.24, 2.45) is 0 Å². The lowest BCUT2D eigenvalue weighted by molar-refractivity contribution is -0.138. The lowest BCUT2D eigenvalue weighted by Crippen LogP contribution is -2.31. The number of rotatable bonds is 3. The first-order valence-electron chi connectivity index (χ1n) is 7.38. The molecule has 6 nitrogen and oxygen atoms in total. The first kappa shape index (κ1) is 13.1. The molecule has 0 saturated heterocycles. The zero-order valence-electron chi connectivity index (χ0n) is 11.9. The highest BCUT2D eigenvalue weighted by Gasteiger charge is 2.26. The Morgan fingerprint density at radius 3 is 2.73 bits per heavy atom. The number of nitrogens with zero attached hydrogens (tertiary/aromatic N) is 3. The minimum absolute atomic E-state index is 0.291. The third-order valence-corrected chi connectivity index (χ3v) is 4.37. The van der Waals surface area contributed by atoms with E-state index in [-0.39, 0.29) is 5.56 Å². The zero-order chi connectivity index (χ0) is 15.3. The van der Waals surface area contributed by atoms with Gasteiger partial charge in [0.1, 0.15) is 17.9 Å². The molecular formula is C16H15N3O3. The van der Waals surface area contributed by atoms with Crippen LogP contribution in [0.15, 0.2) is 35.1 Å². The number of carboxylic acid groups (broad SMARTS) is 1. The van der Waals surface area contributed by atoms with Crippen molar-refractivity contribution < 1.29 is 9.90 Å². The number of carbonyl (C=O) groups is 1. The molecule has 2 aromatic heterocycles. The van der Waals surface area contributed by atoms with Gasteiger partial charge in [0.25, 0.3) is 5.56 Å². The van der Waals surface area contributed by atoms with E-state index < -0.39 is 12.5 Å². The predicted molar refractivity (Wildman–Crippen MR) is 81.2 cm³/mol. The highest BCUT2D eigenvalue weighted by atomic mass is 16.4. The molecule has 1 aliphatic carbocycles. The zero-order valence-corrected chi connectivity index (χ0v) is 11.9. The summed E-state index contributed by atoms with van der Waals surface area (Å²) >= 11 is 0. The van der Waals surface area contributed by atoms with E-state index in [2.05, 4.69) is 5.10 Å². The summed E-state index contributed by atoms with van der Waals surface area (Å²) in [4.78, 5) is 23.5. The molecule has 0 amide bonds. The van der Waals surface area contributed by atoms with Crippen LogP contribution in [-0.4, -0.2) is 25.3 Å². The fourth-order valence-corrected chi connectivity index (χ4v) is 3.07. The average Bonchev–Trinajstić information content (AvgIpc) is 2.81. The number of fused-ring (bicyclic) bond motifs is 3. The van der Waals surface area contributed by atoms with Gasteiger partial charge in [-0.3, -0.25) is 14.0 Å². The van der Waals surface area contributed by atoms with Crippen molar-refractivity contribution >= 4 is 22.4 Å². The van der Waals surface area contributed by atoms with E-state index in [1.54, 1.807) is 0 Å². The van der Waals surface area contributed by atoms with E-state index in [4.69, 9.17) is 5.11 Å². The molecule has 112 valence electrons. The number of aromatic nitrogens is 3. The SMILES string of the molecule is O=C(O)Cn1nc(C2CCC2)n2c(cc3ccccc32)c1=O. The van der Waals surface area contributed by atoms with Crippen molar-refractivity contribution in [2.75, 3.05) is 0 Å². The van der Waals surface area contributed by atoms with Gasteiger partial charge in [0.05, 0.1) is 5.52 Å². The summed E-state index contributed by atoms with van der Waals surface area (Å²) in [5, 5.41) is 14.3. The van der Waals surface area contributed by atoms with Crippen molar-refractivity contribution in [1.29, 1.82) is 0 Å². The first-order chi connectivity index (χ1) is 10.6. The molecule has 6 heteroatoms. The van der Waals surface area contributed by atoms with Gasteiger partial charge in [0.2, 0.25) is 0 Å². The van der Waals surface area contributed by atoms with Gasteiger partial charge >= 0.3 is 5.97 Å². The summed E-state index contributed by atoms with van der Waals surface area (Å²) in [6.45, 7) is -0.406. The van der Waals surface area contributed by atoms with E-state index >= 15 is 0 Å². The Morgan fingerprint density at radius 2 is 2.05 bits per heavy atom. The fourth-order valence-electron chi connectivity index (χ4n) is 3.07. The van der Waals surface area contributed by atoms with Crippen LogP contribution in [0, 0.1) is 0 Å². The van der Waals surface area contributed by atoms with Gasteiger partial charge in [-0.05, 0) is 25.0 Å². The van der Waals surface area contributed by atoms with Gasteiger partial charge < -0.3 is 5.11 Å². The summed E-state index contributed by atoms with van der Waals surface area (Å²) in [5.74, 6) is 0.0249. The average molecular weight is 297 g/mol. The molecule has 4 rings (SSSR count). The molecule has 22 heavy (non-hydrogen) atoms. The molecule has 0 unspecified atom stereocenters. The number of hydrogen-bond donors (Lipinski definition) is 1. The Bertz CT molecular complexity index is 950. The van der Waals surface area contributed by atoms with Crippen LogP contribution in [0.2, 0.25) is 0 Å². The van der Waals surface area contributed by atoms with E-state index in [1.165, 1.54) is 0 Å². The molecule has 2 heterocycles. The lowest BCUT2D eigenvalue weighted by Gasteiger charge is -2.26. The van der Waals surface area contributed by atoms with E-state index in [1.807, 2.05) is 34.7 Å². The van der Waals surface area contributed by atoms with Crippen LogP contribution in [0.3, 0.4) is 0 Å². The fraction of sp³-hybridized carbons (Fsp3) is 0.312.